The molecule has 132 valence electrons. The highest BCUT2D eigenvalue weighted by molar-refractivity contribution is 5.93. The fourth-order valence-electron chi connectivity index (χ4n) is 3.10. The number of aryl methyl sites for hydroxylation is 1. The first kappa shape index (κ1) is 16.3. The van der Waals surface area contributed by atoms with Gasteiger partial charge < -0.3 is 14.2 Å². The molecule has 0 unspecified atom stereocenters. The SMILES string of the molecule is Cc1ccc2oc(C(=O)N3CCN(c4ncccn4)CC3)cc(=O)c2c1. The number of rotatable bonds is 2. The Hall–Kier alpha value is -3.22. The lowest BCUT2D eigenvalue weighted by atomic mass is 10.1. The van der Waals surface area contributed by atoms with E-state index in [-0.39, 0.29) is 17.1 Å². The van der Waals surface area contributed by atoms with Crippen LogP contribution in [0.3, 0.4) is 0 Å². The van der Waals surface area contributed by atoms with E-state index in [1.165, 1.54) is 6.07 Å². The number of piperazine rings is 1. The molecule has 1 aliphatic heterocycles. The number of hydrogen-bond donors (Lipinski definition) is 0. The van der Waals surface area contributed by atoms with E-state index in [0.29, 0.717) is 43.1 Å². The van der Waals surface area contributed by atoms with E-state index >= 15 is 0 Å². The van der Waals surface area contributed by atoms with Crippen molar-refractivity contribution < 1.29 is 9.21 Å². The van der Waals surface area contributed by atoms with Crippen LogP contribution in [0.4, 0.5) is 5.95 Å². The monoisotopic (exact) mass is 350 g/mol. The van der Waals surface area contributed by atoms with Crippen molar-refractivity contribution in [3.05, 3.63) is 64.3 Å². The summed E-state index contributed by atoms with van der Waals surface area (Å²) in [7, 11) is 0. The van der Waals surface area contributed by atoms with E-state index in [4.69, 9.17) is 4.42 Å². The van der Waals surface area contributed by atoms with Gasteiger partial charge in [0.05, 0.1) is 5.39 Å². The summed E-state index contributed by atoms with van der Waals surface area (Å²) in [6, 6.07) is 8.42. The Balaban J connectivity index is 1.53. The number of anilines is 1. The predicted octanol–water partition coefficient (Wildman–Crippen LogP) is 1.85. The van der Waals surface area contributed by atoms with Crippen LogP contribution in [-0.2, 0) is 0 Å². The third-order valence-corrected chi connectivity index (χ3v) is 4.50. The fraction of sp³-hybridized carbons (Fsp3) is 0.263. The minimum absolute atomic E-state index is 0.0794. The minimum atomic E-state index is -0.266. The Morgan fingerprint density at radius 2 is 1.81 bits per heavy atom. The number of nitrogens with zero attached hydrogens (tertiary/aromatic N) is 4. The predicted molar refractivity (Wildman–Crippen MR) is 97.4 cm³/mol. The molecule has 3 heterocycles. The molecule has 0 N–H and O–H groups in total. The molecule has 26 heavy (non-hydrogen) atoms. The van der Waals surface area contributed by atoms with Crippen molar-refractivity contribution in [1.29, 1.82) is 0 Å². The molecule has 4 rings (SSSR count). The number of amides is 1. The molecular formula is C19H18N4O3. The molecule has 7 nitrogen and oxygen atoms in total. The van der Waals surface area contributed by atoms with E-state index in [0.717, 1.165) is 5.56 Å². The minimum Gasteiger partial charge on any atom is -0.451 e. The van der Waals surface area contributed by atoms with E-state index < -0.39 is 0 Å². The second-order valence-corrected chi connectivity index (χ2v) is 6.30. The van der Waals surface area contributed by atoms with Gasteiger partial charge in [-0.25, -0.2) is 9.97 Å². The first-order valence-corrected chi connectivity index (χ1v) is 8.47. The molecule has 1 aromatic carbocycles. The zero-order valence-electron chi connectivity index (χ0n) is 14.4. The van der Waals surface area contributed by atoms with Gasteiger partial charge in [-0.3, -0.25) is 9.59 Å². The zero-order valence-corrected chi connectivity index (χ0v) is 14.4. The van der Waals surface area contributed by atoms with E-state index in [1.807, 2.05) is 17.9 Å². The summed E-state index contributed by atoms with van der Waals surface area (Å²) in [5, 5.41) is 0.493. The van der Waals surface area contributed by atoms with Gasteiger partial charge in [0.25, 0.3) is 5.91 Å². The second kappa shape index (κ2) is 6.59. The van der Waals surface area contributed by atoms with Gasteiger partial charge in [-0.1, -0.05) is 11.6 Å². The van der Waals surface area contributed by atoms with Crippen molar-refractivity contribution >= 4 is 22.8 Å². The second-order valence-electron chi connectivity index (χ2n) is 6.30. The normalized spacial score (nSPS) is 14.7. The van der Waals surface area contributed by atoms with E-state index in [2.05, 4.69) is 9.97 Å². The molecule has 0 bridgehead atoms. The molecule has 0 saturated carbocycles. The highest BCUT2D eigenvalue weighted by Crippen LogP contribution is 2.17. The molecular weight excluding hydrogens is 332 g/mol. The maximum absolute atomic E-state index is 12.7. The molecule has 0 radical (unpaired) electrons. The Morgan fingerprint density at radius 3 is 2.54 bits per heavy atom. The largest absolute Gasteiger partial charge is 0.451 e. The van der Waals surface area contributed by atoms with Crippen molar-refractivity contribution in [3.63, 3.8) is 0 Å². The molecule has 0 spiro atoms. The highest BCUT2D eigenvalue weighted by atomic mass is 16.3. The number of carbonyl (C=O) groups excluding carboxylic acids is 1. The third kappa shape index (κ3) is 3.03. The van der Waals surface area contributed by atoms with E-state index in [1.54, 1.807) is 35.5 Å². The zero-order chi connectivity index (χ0) is 18.1. The Morgan fingerprint density at radius 1 is 1.08 bits per heavy atom. The lowest BCUT2D eigenvalue weighted by molar-refractivity contribution is 0.0714. The number of fused-ring (bicyclic) bond motifs is 1. The number of carbonyl (C=O) groups is 1. The van der Waals surface area contributed by atoms with Crippen molar-refractivity contribution in [1.82, 2.24) is 14.9 Å². The molecule has 2 aromatic heterocycles. The number of hydrogen-bond acceptors (Lipinski definition) is 6. The molecule has 1 fully saturated rings. The summed E-state index contributed by atoms with van der Waals surface area (Å²) in [6.07, 6.45) is 3.40. The van der Waals surface area contributed by atoms with Gasteiger partial charge in [0, 0.05) is 44.6 Å². The quantitative estimate of drug-likeness (QED) is 0.702. The van der Waals surface area contributed by atoms with Gasteiger partial charge in [0.1, 0.15) is 5.58 Å². The van der Waals surface area contributed by atoms with Crippen LogP contribution in [0.25, 0.3) is 11.0 Å². The Bertz CT molecular complexity index is 1010. The van der Waals surface area contributed by atoms with Crippen LogP contribution in [0, 0.1) is 6.92 Å². The Labute approximate surface area is 149 Å². The van der Waals surface area contributed by atoms with E-state index in [9.17, 15) is 9.59 Å². The standard InChI is InChI=1S/C19H18N4O3/c1-13-3-4-16-14(11-13)15(24)12-17(26-16)18(25)22-7-9-23(10-8-22)19-20-5-2-6-21-19/h2-6,11-12H,7-10H2,1H3. The molecule has 7 heteroatoms. The molecule has 1 amide bonds. The topological polar surface area (TPSA) is 79.5 Å². The first-order chi connectivity index (χ1) is 12.6. The van der Waals surface area contributed by atoms with Crippen LogP contribution in [0.1, 0.15) is 16.1 Å². The summed E-state index contributed by atoms with van der Waals surface area (Å²) in [6.45, 7) is 4.22. The summed E-state index contributed by atoms with van der Waals surface area (Å²) >= 11 is 0. The molecule has 1 aliphatic rings. The summed E-state index contributed by atoms with van der Waals surface area (Å²) in [5.41, 5.74) is 1.21. The van der Waals surface area contributed by atoms with Gasteiger partial charge in [0.15, 0.2) is 11.2 Å². The average Bonchev–Trinajstić information content (AvgIpc) is 2.68. The smallest absolute Gasteiger partial charge is 0.289 e. The van der Waals surface area contributed by atoms with Crippen molar-refractivity contribution in [2.75, 3.05) is 31.1 Å². The molecule has 0 aliphatic carbocycles. The summed E-state index contributed by atoms with van der Waals surface area (Å²) in [5.74, 6) is 0.473. The van der Waals surface area contributed by atoms with Gasteiger partial charge in [-0.05, 0) is 25.1 Å². The maximum atomic E-state index is 12.7. The molecule has 0 atom stereocenters. The Kier molecular flexibility index (Phi) is 4.12. The van der Waals surface area contributed by atoms with Crippen LogP contribution in [0.2, 0.25) is 0 Å². The number of aromatic nitrogens is 2. The number of benzene rings is 1. The van der Waals surface area contributed by atoms with Crippen LogP contribution in [-0.4, -0.2) is 47.0 Å². The molecule has 1 saturated heterocycles. The van der Waals surface area contributed by atoms with Gasteiger partial charge in [-0.15, -0.1) is 0 Å². The highest BCUT2D eigenvalue weighted by Gasteiger charge is 2.25. The molecule has 3 aromatic rings. The fourth-order valence-corrected chi connectivity index (χ4v) is 3.10. The summed E-state index contributed by atoms with van der Waals surface area (Å²) < 4.78 is 5.69. The van der Waals surface area contributed by atoms with Crippen LogP contribution in [0.5, 0.6) is 0 Å². The lowest BCUT2D eigenvalue weighted by Gasteiger charge is -2.34. The van der Waals surface area contributed by atoms with Crippen LogP contribution < -0.4 is 10.3 Å². The first-order valence-electron chi connectivity index (χ1n) is 8.47. The lowest BCUT2D eigenvalue weighted by Crippen LogP contribution is -2.49. The summed E-state index contributed by atoms with van der Waals surface area (Å²) in [4.78, 5) is 37.3. The van der Waals surface area contributed by atoms with Crippen molar-refractivity contribution in [2.45, 2.75) is 6.92 Å². The van der Waals surface area contributed by atoms with Gasteiger partial charge >= 0.3 is 0 Å². The third-order valence-electron chi connectivity index (χ3n) is 4.50. The van der Waals surface area contributed by atoms with Crippen LogP contribution in [0.15, 0.2) is 51.9 Å². The van der Waals surface area contributed by atoms with Gasteiger partial charge in [0.2, 0.25) is 5.95 Å². The van der Waals surface area contributed by atoms with Crippen LogP contribution >= 0.6 is 0 Å². The van der Waals surface area contributed by atoms with Crippen molar-refractivity contribution in [2.24, 2.45) is 0 Å². The van der Waals surface area contributed by atoms with Gasteiger partial charge in [-0.2, -0.15) is 0 Å². The maximum Gasteiger partial charge on any atom is 0.289 e. The van der Waals surface area contributed by atoms with Crippen molar-refractivity contribution in [3.8, 4) is 0 Å². The average molecular weight is 350 g/mol.